The fraction of sp³-hybridized carbons (Fsp3) is 0.818. The van der Waals surface area contributed by atoms with Gasteiger partial charge in [0.1, 0.15) is 5.84 Å². The second kappa shape index (κ2) is 8.81. The first-order valence-corrected chi connectivity index (χ1v) is 5.94. The third kappa shape index (κ3) is 8.50. The molecule has 100 valence electrons. The Kier molecular flexibility index (Phi) is 8.13. The predicted octanol–water partition coefficient (Wildman–Crippen LogP) is 0.263. The molecule has 0 spiro atoms. The molecular weight excluding hydrogens is 220 g/mol. The number of nitrogens with two attached hydrogens (primary N) is 1. The summed E-state index contributed by atoms with van der Waals surface area (Å²) >= 11 is 0. The quantitative estimate of drug-likeness (QED) is 0.162. The highest BCUT2D eigenvalue weighted by molar-refractivity contribution is 5.81. The molecule has 0 aromatic carbocycles. The average Bonchev–Trinajstić information content (AvgIpc) is 2.30. The second-order valence-corrected chi connectivity index (χ2v) is 4.51. The topological polar surface area (TPSA) is 99.7 Å². The number of hydrogen-bond acceptors (Lipinski definition) is 4. The molecule has 17 heavy (non-hydrogen) atoms. The first-order valence-electron chi connectivity index (χ1n) is 5.94. The van der Waals surface area contributed by atoms with Crippen LogP contribution in [0.1, 0.15) is 33.6 Å². The monoisotopic (exact) mass is 244 g/mol. The van der Waals surface area contributed by atoms with Gasteiger partial charge in [0.25, 0.3) is 0 Å². The van der Waals surface area contributed by atoms with E-state index in [4.69, 9.17) is 10.9 Å². The maximum atomic E-state index is 11.6. The SMILES string of the molecule is CC(C)CNC(=O)C(C)NCCCC(N)=NO. The number of amidine groups is 1. The van der Waals surface area contributed by atoms with Crippen molar-refractivity contribution < 1.29 is 10.0 Å². The summed E-state index contributed by atoms with van der Waals surface area (Å²) in [5.74, 6) is 0.665. The van der Waals surface area contributed by atoms with E-state index in [-0.39, 0.29) is 17.8 Å². The number of rotatable bonds is 8. The zero-order valence-corrected chi connectivity index (χ0v) is 10.9. The van der Waals surface area contributed by atoms with Crippen LogP contribution in [0.25, 0.3) is 0 Å². The van der Waals surface area contributed by atoms with Crippen molar-refractivity contribution in [2.45, 2.75) is 39.7 Å². The number of oxime groups is 1. The molecule has 0 aromatic rings. The van der Waals surface area contributed by atoms with Gasteiger partial charge < -0.3 is 21.6 Å². The van der Waals surface area contributed by atoms with E-state index in [0.29, 0.717) is 25.4 Å². The van der Waals surface area contributed by atoms with Gasteiger partial charge in [-0.3, -0.25) is 4.79 Å². The zero-order chi connectivity index (χ0) is 13.3. The molecule has 0 rings (SSSR count). The molecule has 6 nitrogen and oxygen atoms in total. The highest BCUT2D eigenvalue weighted by atomic mass is 16.4. The molecule has 0 saturated heterocycles. The van der Waals surface area contributed by atoms with Crippen molar-refractivity contribution in [2.75, 3.05) is 13.1 Å². The summed E-state index contributed by atoms with van der Waals surface area (Å²) < 4.78 is 0. The maximum Gasteiger partial charge on any atom is 0.236 e. The van der Waals surface area contributed by atoms with Gasteiger partial charge in [0.05, 0.1) is 6.04 Å². The van der Waals surface area contributed by atoms with Gasteiger partial charge in [-0.25, -0.2) is 0 Å². The van der Waals surface area contributed by atoms with Gasteiger partial charge in [-0.1, -0.05) is 19.0 Å². The molecule has 0 fully saturated rings. The molecule has 0 heterocycles. The third-order valence-electron chi connectivity index (χ3n) is 2.27. The Balaban J connectivity index is 3.64. The van der Waals surface area contributed by atoms with Crippen molar-refractivity contribution in [3.63, 3.8) is 0 Å². The highest BCUT2D eigenvalue weighted by Gasteiger charge is 2.11. The number of amides is 1. The molecule has 0 bridgehead atoms. The number of hydrogen-bond donors (Lipinski definition) is 4. The molecule has 5 N–H and O–H groups in total. The van der Waals surface area contributed by atoms with E-state index in [0.717, 1.165) is 6.42 Å². The summed E-state index contributed by atoms with van der Waals surface area (Å²) in [4.78, 5) is 11.6. The lowest BCUT2D eigenvalue weighted by Gasteiger charge is -2.14. The van der Waals surface area contributed by atoms with E-state index >= 15 is 0 Å². The zero-order valence-electron chi connectivity index (χ0n) is 10.9. The van der Waals surface area contributed by atoms with Crippen LogP contribution in [0.15, 0.2) is 5.16 Å². The van der Waals surface area contributed by atoms with E-state index in [1.165, 1.54) is 0 Å². The van der Waals surface area contributed by atoms with Gasteiger partial charge in [-0.2, -0.15) is 0 Å². The minimum absolute atomic E-state index is 0.00231. The van der Waals surface area contributed by atoms with E-state index in [1.807, 2.05) is 6.92 Å². The molecule has 0 aliphatic carbocycles. The van der Waals surface area contributed by atoms with Crippen LogP contribution in [0.2, 0.25) is 0 Å². The van der Waals surface area contributed by atoms with Gasteiger partial charge in [-0.15, -0.1) is 0 Å². The summed E-state index contributed by atoms with van der Waals surface area (Å²) in [6.07, 6.45) is 1.25. The van der Waals surface area contributed by atoms with Gasteiger partial charge in [0, 0.05) is 13.0 Å². The van der Waals surface area contributed by atoms with Crippen LogP contribution in [0.4, 0.5) is 0 Å². The van der Waals surface area contributed by atoms with Gasteiger partial charge in [0.15, 0.2) is 0 Å². The number of nitrogens with zero attached hydrogens (tertiary/aromatic N) is 1. The van der Waals surface area contributed by atoms with Crippen LogP contribution in [-0.2, 0) is 4.79 Å². The average molecular weight is 244 g/mol. The van der Waals surface area contributed by atoms with Crippen molar-refractivity contribution in [3.05, 3.63) is 0 Å². The molecule has 0 saturated carbocycles. The molecular formula is C11H24N4O2. The van der Waals surface area contributed by atoms with Crippen molar-refractivity contribution in [1.29, 1.82) is 0 Å². The first kappa shape index (κ1) is 15.7. The fourth-order valence-electron chi connectivity index (χ4n) is 1.19. The van der Waals surface area contributed by atoms with Crippen LogP contribution < -0.4 is 16.4 Å². The minimum Gasteiger partial charge on any atom is -0.409 e. The maximum absolute atomic E-state index is 11.6. The van der Waals surface area contributed by atoms with Crippen LogP contribution in [0.5, 0.6) is 0 Å². The first-order chi connectivity index (χ1) is 7.97. The second-order valence-electron chi connectivity index (χ2n) is 4.51. The lowest BCUT2D eigenvalue weighted by molar-refractivity contribution is -0.122. The molecule has 0 radical (unpaired) electrons. The minimum atomic E-state index is -0.221. The highest BCUT2D eigenvalue weighted by Crippen LogP contribution is 1.91. The molecule has 6 heteroatoms. The number of nitrogens with one attached hydrogen (secondary N) is 2. The van der Waals surface area contributed by atoms with Crippen LogP contribution >= 0.6 is 0 Å². The lowest BCUT2D eigenvalue weighted by atomic mass is 10.2. The van der Waals surface area contributed by atoms with Crippen LogP contribution in [-0.4, -0.2) is 36.1 Å². The summed E-state index contributed by atoms with van der Waals surface area (Å²) in [7, 11) is 0. The Hall–Kier alpha value is -1.30. The van der Waals surface area contributed by atoms with Gasteiger partial charge >= 0.3 is 0 Å². The summed E-state index contributed by atoms with van der Waals surface area (Å²) in [5, 5.41) is 17.1. The Labute approximate surface area is 103 Å². The van der Waals surface area contributed by atoms with E-state index in [9.17, 15) is 4.79 Å². The van der Waals surface area contributed by atoms with E-state index in [2.05, 4.69) is 29.6 Å². The smallest absolute Gasteiger partial charge is 0.236 e. The normalized spacial score (nSPS) is 13.8. The molecule has 1 atom stereocenters. The van der Waals surface area contributed by atoms with Crippen molar-refractivity contribution in [3.8, 4) is 0 Å². The Morgan fingerprint density at radius 3 is 2.59 bits per heavy atom. The van der Waals surface area contributed by atoms with Crippen LogP contribution in [0.3, 0.4) is 0 Å². The number of carbonyl (C=O) groups is 1. The van der Waals surface area contributed by atoms with Crippen molar-refractivity contribution in [2.24, 2.45) is 16.8 Å². The molecule has 1 unspecified atom stereocenters. The van der Waals surface area contributed by atoms with E-state index in [1.54, 1.807) is 0 Å². The molecule has 0 aromatic heterocycles. The Morgan fingerprint density at radius 1 is 1.41 bits per heavy atom. The summed E-state index contributed by atoms with van der Waals surface area (Å²) in [5.41, 5.74) is 5.32. The molecule has 0 aliphatic rings. The lowest BCUT2D eigenvalue weighted by Crippen LogP contribution is -2.43. The van der Waals surface area contributed by atoms with Gasteiger partial charge in [0.2, 0.25) is 5.91 Å². The van der Waals surface area contributed by atoms with Gasteiger partial charge in [-0.05, 0) is 25.8 Å². The molecule has 1 amide bonds. The summed E-state index contributed by atoms with van der Waals surface area (Å²) in [6.45, 7) is 7.27. The predicted molar refractivity (Wildman–Crippen MR) is 68.0 cm³/mol. The fourth-order valence-corrected chi connectivity index (χ4v) is 1.19. The number of carbonyl (C=O) groups excluding carboxylic acids is 1. The Bertz CT molecular complexity index is 254. The third-order valence-corrected chi connectivity index (χ3v) is 2.27. The van der Waals surface area contributed by atoms with E-state index < -0.39 is 0 Å². The molecule has 0 aliphatic heterocycles. The standard InChI is InChI=1S/C11H24N4O2/c1-8(2)7-14-11(16)9(3)13-6-4-5-10(12)15-17/h8-9,13,17H,4-7H2,1-3H3,(H2,12,15)(H,14,16). The van der Waals surface area contributed by atoms with Crippen molar-refractivity contribution in [1.82, 2.24) is 10.6 Å². The van der Waals surface area contributed by atoms with Crippen molar-refractivity contribution >= 4 is 11.7 Å². The largest absolute Gasteiger partial charge is 0.409 e. The Morgan fingerprint density at radius 2 is 2.06 bits per heavy atom. The summed E-state index contributed by atoms with van der Waals surface area (Å²) in [6, 6.07) is -0.221. The van der Waals surface area contributed by atoms with Crippen LogP contribution in [0, 0.1) is 5.92 Å².